The molecule has 0 bridgehead atoms. The lowest BCUT2D eigenvalue weighted by atomic mass is 10.2. The molecule has 3 rings (SSSR count). The Labute approximate surface area is 158 Å². The minimum atomic E-state index is -4.38. The van der Waals surface area contributed by atoms with Crippen LogP contribution >= 0.6 is 0 Å². The summed E-state index contributed by atoms with van der Waals surface area (Å²) in [5.74, 6) is 1.62. The Hall–Kier alpha value is -3.56. The summed E-state index contributed by atoms with van der Waals surface area (Å²) < 4.78 is 48.3. The van der Waals surface area contributed by atoms with Crippen LogP contribution in [0.3, 0.4) is 0 Å². The first kappa shape index (κ1) is 19.2. The molecule has 2 aromatic carbocycles. The van der Waals surface area contributed by atoms with E-state index in [2.05, 4.69) is 25.8 Å². The number of halogens is 3. The molecule has 28 heavy (non-hydrogen) atoms. The molecule has 1 heterocycles. The van der Waals surface area contributed by atoms with Gasteiger partial charge in [-0.05, 0) is 36.4 Å². The van der Waals surface area contributed by atoms with Gasteiger partial charge in [0.05, 0.1) is 26.0 Å². The molecule has 0 fully saturated rings. The van der Waals surface area contributed by atoms with E-state index in [1.165, 1.54) is 32.5 Å². The van der Waals surface area contributed by atoms with Gasteiger partial charge in [0, 0.05) is 17.4 Å². The minimum Gasteiger partial charge on any atom is -0.493 e. The van der Waals surface area contributed by atoms with Crippen LogP contribution in [0.15, 0.2) is 48.7 Å². The summed E-state index contributed by atoms with van der Waals surface area (Å²) in [7, 11) is 3.06. The predicted molar refractivity (Wildman–Crippen MR) is 97.4 cm³/mol. The number of benzene rings is 2. The van der Waals surface area contributed by atoms with Gasteiger partial charge in [0.1, 0.15) is 0 Å². The van der Waals surface area contributed by atoms with Gasteiger partial charge < -0.3 is 20.1 Å². The molecule has 0 aliphatic heterocycles. The molecule has 1 aromatic heterocycles. The van der Waals surface area contributed by atoms with Crippen LogP contribution in [0.2, 0.25) is 0 Å². The second kappa shape index (κ2) is 7.99. The van der Waals surface area contributed by atoms with Crippen LogP contribution in [0.1, 0.15) is 5.56 Å². The molecule has 0 unspecified atom stereocenters. The third-order valence-corrected chi connectivity index (χ3v) is 3.68. The molecule has 0 amide bonds. The van der Waals surface area contributed by atoms with E-state index in [9.17, 15) is 13.2 Å². The maximum absolute atomic E-state index is 12.6. The fourth-order valence-corrected chi connectivity index (χ4v) is 2.35. The van der Waals surface area contributed by atoms with Crippen LogP contribution < -0.4 is 20.1 Å². The van der Waals surface area contributed by atoms with Crippen molar-refractivity contribution in [1.29, 1.82) is 0 Å². The lowest BCUT2D eigenvalue weighted by Gasteiger charge is -2.11. The quantitative estimate of drug-likeness (QED) is 0.645. The Morgan fingerprint density at radius 3 is 2.18 bits per heavy atom. The van der Waals surface area contributed by atoms with Gasteiger partial charge >= 0.3 is 6.18 Å². The van der Waals surface area contributed by atoms with Crippen molar-refractivity contribution < 1.29 is 22.6 Å². The summed E-state index contributed by atoms with van der Waals surface area (Å²) in [6.07, 6.45) is -3.02. The lowest BCUT2D eigenvalue weighted by molar-refractivity contribution is -0.137. The molecule has 10 heteroatoms. The normalized spacial score (nSPS) is 11.0. The molecule has 0 saturated heterocycles. The highest BCUT2D eigenvalue weighted by Gasteiger charge is 2.29. The molecule has 0 saturated carbocycles. The van der Waals surface area contributed by atoms with Gasteiger partial charge in [0.15, 0.2) is 17.3 Å². The van der Waals surface area contributed by atoms with Gasteiger partial charge in [-0.25, -0.2) is 0 Å². The molecule has 0 radical (unpaired) electrons. The van der Waals surface area contributed by atoms with E-state index in [0.717, 1.165) is 12.1 Å². The largest absolute Gasteiger partial charge is 0.493 e. The highest BCUT2D eigenvalue weighted by Crippen LogP contribution is 2.31. The molecular formula is C18H16F3N5O2. The second-order valence-corrected chi connectivity index (χ2v) is 5.56. The molecule has 0 aliphatic carbocycles. The molecule has 146 valence electrons. The van der Waals surface area contributed by atoms with Crippen LogP contribution in [0, 0.1) is 0 Å². The van der Waals surface area contributed by atoms with Crippen molar-refractivity contribution in [2.24, 2.45) is 0 Å². The van der Waals surface area contributed by atoms with Crippen molar-refractivity contribution in [1.82, 2.24) is 15.2 Å². The molecule has 3 aromatic rings. The number of methoxy groups -OCH3 is 2. The summed E-state index contributed by atoms with van der Waals surface area (Å²) in [5, 5.41) is 13.6. The Morgan fingerprint density at radius 2 is 1.54 bits per heavy atom. The monoisotopic (exact) mass is 391 g/mol. The van der Waals surface area contributed by atoms with E-state index < -0.39 is 11.7 Å². The number of hydrogen-bond acceptors (Lipinski definition) is 7. The number of aromatic nitrogens is 3. The van der Waals surface area contributed by atoms with E-state index in [0.29, 0.717) is 28.7 Å². The first-order chi connectivity index (χ1) is 13.4. The fourth-order valence-electron chi connectivity index (χ4n) is 2.35. The van der Waals surface area contributed by atoms with E-state index >= 15 is 0 Å². The number of rotatable bonds is 6. The number of nitrogens with one attached hydrogen (secondary N) is 2. The molecule has 0 atom stereocenters. The SMILES string of the molecule is COc1ccc(Nc2nncc(Nc3ccc(C(F)(F)F)cc3)n2)cc1OC. The van der Waals surface area contributed by atoms with Gasteiger partial charge in [0.2, 0.25) is 5.95 Å². The van der Waals surface area contributed by atoms with Crippen LogP contribution in [-0.2, 0) is 6.18 Å². The van der Waals surface area contributed by atoms with Crippen molar-refractivity contribution in [2.75, 3.05) is 24.9 Å². The lowest BCUT2D eigenvalue weighted by Crippen LogP contribution is -2.05. The number of ether oxygens (including phenoxy) is 2. The van der Waals surface area contributed by atoms with Crippen molar-refractivity contribution in [3.63, 3.8) is 0 Å². The number of alkyl halides is 3. The Kier molecular flexibility index (Phi) is 5.48. The zero-order valence-corrected chi connectivity index (χ0v) is 14.9. The topological polar surface area (TPSA) is 81.2 Å². The first-order valence-corrected chi connectivity index (χ1v) is 8.02. The zero-order valence-electron chi connectivity index (χ0n) is 14.9. The van der Waals surface area contributed by atoms with Crippen molar-refractivity contribution in [3.05, 3.63) is 54.2 Å². The highest BCUT2D eigenvalue weighted by atomic mass is 19.4. The Balaban J connectivity index is 1.74. The number of nitrogens with zero attached hydrogens (tertiary/aromatic N) is 3. The standard InChI is InChI=1S/C18H16F3N5O2/c1-27-14-8-7-13(9-15(14)28-2)24-17-25-16(10-22-26-17)23-12-5-3-11(4-6-12)18(19,20)21/h3-10H,1-2H3,(H2,23,24,25,26). The molecule has 0 spiro atoms. The van der Waals surface area contributed by atoms with Crippen LogP contribution in [0.5, 0.6) is 11.5 Å². The van der Waals surface area contributed by atoms with E-state index in [4.69, 9.17) is 9.47 Å². The van der Waals surface area contributed by atoms with Gasteiger partial charge in [-0.15, -0.1) is 5.10 Å². The summed E-state index contributed by atoms with van der Waals surface area (Å²) >= 11 is 0. The van der Waals surface area contributed by atoms with Gasteiger partial charge in [0.25, 0.3) is 0 Å². The zero-order chi connectivity index (χ0) is 20.1. The summed E-state index contributed by atoms with van der Waals surface area (Å²) in [6.45, 7) is 0. The van der Waals surface area contributed by atoms with E-state index in [-0.39, 0.29) is 5.95 Å². The fraction of sp³-hybridized carbons (Fsp3) is 0.167. The molecule has 0 aliphatic rings. The third kappa shape index (κ3) is 4.58. The molecular weight excluding hydrogens is 375 g/mol. The Morgan fingerprint density at radius 1 is 0.857 bits per heavy atom. The molecule has 7 nitrogen and oxygen atoms in total. The maximum Gasteiger partial charge on any atom is 0.416 e. The van der Waals surface area contributed by atoms with Crippen LogP contribution in [0.4, 0.5) is 36.3 Å². The Bertz CT molecular complexity index is 949. The van der Waals surface area contributed by atoms with Crippen molar-refractivity contribution >= 4 is 23.1 Å². The average Bonchev–Trinajstić information content (AvgIpc) is 2.68. The minimum absolute atomic E-state index is 0.198. The smallest absolute Gasteiger partial charge is 0.416 e. The van der Waals surface area contributed by atoms with Crippen LogP contribution in [0.25, 0.3) is 0 Å². The summed E-state index contributed by atoms with van der Waals surface area (Å²) in [4.78, 5) is 4.24. The third-order valence-electron chi connectivity index (χ3n) is 3.68. The van der Waals surface area contributed by atoms with Gasteiger partial charge in [-0.2, -0.15) is 23.3 Å². The van der Waals surface area contributed by atoms with E-state index in [1.54, 1.807) is 18.2 Å². The van der Waals surface area contributed by atoms with Gasteiger partial charge in [-0.1, -0.05) is 0 Å². The first-order valence-electron chi connectivity index (χ1n) is 8.02. The average molecular weight is 391 g/mol. The predicted octanol–water partition coefficient (Wildman–Crippen LogP) is 4.39. The molecule has 2 N–H and O–H groups in total. The van der Waals surface area contributed by atoms with Gasteiger partial charge in [-0.3, -0.25) is 0 Å². The van der Waals surface area contributed by atoms with Crippen molar-refractivity contribution in [3.8, 4) is 11.5 Å². The van der Waals surface area contributed by atoms with E-state index in [1.807, 2.05) is 0 Å². The highest BCUT2D eigenvalue weighted by molar-refractivity contribution is 5.61. The van der Waals surface area contributed by atoms with Crippen LogP contribution in [-0.4, -0.2) is 29.4 Å². The second-order valence-electron chi connectivity index (χ2n) is 5.56. The number of hydrogen-bond donors (Lipinski definition) is 2. The number of anilines is 4. The summed E-state index contributed by atoms with van der Waals surface area (Å²) in [5.41, 5.74) is 0.353. The van der Waals surface area contributed by atoms with Crippen molar-refractivity contribution in [2.45, 2.75) is 6.18 Å². The summed E-state index contributed by atoms with van der Waals surface area (Å²) in [6, 6.07) is 9.77. The maximum atomic E-state index is 12.6.